The number of carbonyl (C=O) groups is 1. The van der Waals surface area contributed by atoms with Crippen molar-refractivity contribution >= 4 is 16.1 Å². The Morgan fingerprint density at radius 3 is 2.43 bits per heavy atom. The van der Waals surface area contributed by atoms with E-state index in [-0.39, 0.29) is 18.5 Å². The standard InChI is InChI=1S/C14H28N4O4S/c1-12(19)15-13-4-7-17(8-5-13)10-14(20)6-9-18(11-14)23(21,22)16(2)3/h13,20H,4-11H2,1-3H3,(H,15,19). The second-order valence-corrected chi connectivity index (χ2v) is 8.99. The van der Waals surface area contributed by atoms with E-state index in [4.69, 9.17) is 0 Å². The number of amides is 1. The first-order valence-electron chi connectivity index (χ1n) is 8.02. The first-order valence-corrected chi connectivity index (χ1v) is 9.41. The highest BCUT2D eigenvalue weighted by Crippen LogP contribution is 2.26. The summed E-state index contributed by atoms with van der Waals surface area (Å²) in [5.41, 5.74) is -0.996. The predicted molar refractivity (Wildman–Crippen MR) is 87.0 cm³/mol. The molecule has 134 valence electrons. The normalized spacial score (nSPS) is 28.4. The molecule has 2 saturated heterocycles. The highest BCUT2D eigenvalue weighted by Gasteiger charge is 2.43. The van der Waals surface area contributed by atoms with Crippen molar-refractivity contribution in [2.24, 2.45) is 0 Å². The number of rotatable bonds is 5. The molecule has 0 aromatic heterocycles. The van der Waals surface area contributed by atoms with Crippen molar-refractivity contribution < 1.29 is 18.3 Å². The van der Waals surface area contributed by atoms with Gasteiger partial charge in [-0.1, -0.05) is 0 Å². The lowest BCUT2D eigenvalue weighted by Crippen LogP contribution is -2.51. The van der Waals surface area contributed by atoms with Crippen LogP contribution in [0.5, 0.6) is 0 Å². The van der Waals surface area contributed by atoms with Crippen LogP contribution in [0.4, 0.5) is 0 Å². The first kappa shape index (κ1) is 18.6. The summed E-state index contributed by atoms with van der Waals surface area (Å²) in [5.74, 6) is -0.0117. The Bertz CT molecular complexity index is 531. The van der Waals surface area contributed by atoms with E-state index in [9.17, 15) is 18.3 Å². The van der Waals surface area contributed by atoms with Crippen LogP contribution < -0.4 is 5.32 Å². The van der Waals surface area contributed by atoms with Crippen LogP contribution in [0.25, 0.3) is 0 Å². The Kier molecular flexibility index (Phi) is 5.68. The Hall–Kier alpha value is -0.740. The van der Waals surface area contributed by atoms with Gasteiger partial charge in [-0.2, -0.15) is 17.0 Å². The Morgan fingerprint density at radius 2 is 1.91 bits per heavy atom. The summed E-state index contributed by atoms with van der Waals surface area (Å²) in [4.78, 5) is 13.2. The van der Waals surface area contributed by atoms with Gasteiger partial charge in [-0.15, -0.1) is 0 Å². The minimum atomic E-state index is -3.47. The SMILES string of the molecule is CC(=O)NC1CCN(CC2(O)CCN(S(=O)(=O)N(C)C)C2)CC1. The van der Waals surface area contributed by atoms with Crippen LogP contribution >= 0.6 is 0 Å². The van der Waals surface area contributed by atoms with Crippen molar-refractivity contribution in [3.63, 3.8) is 0 Å². The lowest BCUT2D eigenvalue weighted by atomic mass is 9.99. The molecule has 1 amide bonds. The highest BCUT2D eigenvalue weighted by atomic mass is 32.2. The predicted octanol–water partition coefficient (Wildman–Crippen LogP) is -1.17. The van der Waals surface area contributed by atoms with Crippen molar-refractivity contribution in [1.82, 2.24) is 18.8 Å². The summed E-state index contributed by atoms with van der Waals surface area (Å²) in [6, 6.07) is 0.201. The Labute approximate surface area is 138 Å². The quantitative estimate of drug-likeness (QED) is 0.653. The maximum atomic E-state index is 12.1. The van der Waals surface area contributed by atoms with Crippen molar-refractivity contribution in [1.29, 1.82) is 0 Å². The van der Waals surface area contributed by atoms with E-state index in [1.807, 2.05) is 0 Å². The molecular formula is C14H28N4O4S. The third kappa shape index (κ3) is 4.63. The van der Waals surface area contributed by atoms with Crippen LogP contribution in [0.3, 0.4) is 0 Å². The lowest BCUT2D eigenvalue weighted by molar-refractivity contribution is -0.120. The van der Waals surface area contributed by atoms with Crippen molar-refractivity contribution in [2.45, 2.75) is 37.8 Å². The minimum absolute atomic E-state index is 0.0117. The summed E-state index contributed by atoms with van der Waals surface area (Å²) in [5, 5.41) is 13.7. The summed E-state index contributed by atoms with van der Waals surface area (Å²) in [7, 11) is -0.471. The Morgan fingerprint density at radius 1 is 1.30 bits per heavy atom. The smallest absolute Gasteiger partial charge is 0.281 e. The molecule has 0 saturated carbocycles. The van der Waals surface area contributed by atoms with Gasteiger partial charge in [0.15, 0.2) is 0 Å². The fraction of sp³-hybridized carbons (Fsp3) is 0.929. The van der Waals surface area contributed by atoms with Crippen molar-refractivity contribution in [2.75, 3.05) is 46.8 Å². The molecule has 0 radical (unpaired) electrons. The molecule has 8 nitrogen and oxygen atoms in total. The van der Waals surface area contributed by atoms with E-state index in [1.54, 1.807) is 0 Å². The van der Waals surface area contributed by atoms with Crippen molar-refractivity contribution in [3.8, 4) is 0 Å². The van der Waals surface area contributed by atoms with E-state index in [0.717, 1.165) is 25.9 Å². The van der Waals surface area contributed by atoms with Gasteiger partial charge >= 0.3 is 0 Å². The van der Waals surface area contributed by atoms with E-state index < -0.39 is 15.8 Å². The van der Waals surface area contributed by atoms with Gasteiger partial charge in [0.25, 0.3) is 10.2 Å². The maximum Gasteiger partial charge on any atom is 0.281 e. The molecule has 0 aliphatic carbocycles. The number of carbonyl (C=O) groups excluding carboxylic acids is 1. The zero-order valence-electron chi connectivity index (χ0n) is 14.2. The van der Waals surface area contributed by atoms with Crippen LogP contribution in [0.2, 0.25) is 0 Å². The molecule has 9 heteroatoms. The third-order valence-corrected chi connectivity index (χ3v) is 6.48. The average Bonchev–Trinajstić information content (AvgIpc) is 2.83. The van der Waals surface area contributed by atoms with Crippen LogP contribution in [-0.2, 0) is 15.0 Å². The maximum absolute atomic E-state index is 12.1. The van der Waals surface area contributed by atoms with Crippen LogP contribution in [0.1, 0.15) is 26.2 Å². The molecule has 0 bridgehead atoms. The molecule has 2 N–H and O–H groups in total. The highest BCUT2D eigenvalue weighted by molar-refractivity contribution is 7.86. The van der Waals surface area contributed by atoms with Gasteiger partial charge in [0.2, 0.25) is 5.91 Å². The summed E-state index contributed by atoms with van der Waals surface area (Å²) < 4.78 is 26.8. The van der Waals surface area contributed by atoms with E-state index in [1.165, 1.54) is 29.6 Å². The number of piperidine rings is 1. The monoisotopic (exact) mass is 348 g/mol. The van der Waals surface area contributed by atoms with Gasteiger partial charge in [0.05, 0.1) is 5.60 Å². The Balaban J connectivity index is 1.86. The molecule has 2 fully saturated rings. The molecule has 0 aromatic rings. The molecule has 2 rings (SSSR count). The van der Waals surface area contributed by atoms with Gasteiger partial charge in [-0.25, -0.2) is 0 Å². The average molecular weight is 348 g/mol. The topological polar surface area (TPSA) is 93.2 Å². The number of hydrogen-bond donors (Lipinski definition) is 2. The van der Waals surface area contributed by atoms with Gasteiger partial charge in [0, 0.05) is 59.8 Å². The minimum Gasteiger partial charge on any atom is -0.387 e. The molecule has 1 unspecified atom stereocenters. The van der Waals surface area contributed by atoms with Gasteiger partial charge in [0.1, 0.15) is 0 Å². The molecule has 1 atom stereocenters. The van der Waals surface area contributed by atoms with Gasteiger partial charge in [-0.05, 0) is 19.3 Å². The molecule has 2 heterocycles. The molecule has 2 aliphatic rings. The largest absolute Gasteiger partial charge is 0.387 e. The zero-order chi connectivity index (χ0) is 17.3. The number of β-amino-alcohol motifs (C(OH)–C–C–N with tert-alkyl or cyclic N) is 1. The second kappa shape index (κ2) is 7.02. The zero-order valence-corrected chi connectivity index (χ0v) is 15.0. The number of nitrogens with zero attached hydrogens (tertiary/aromatic N) is 3. The number of nitrogens with one attached hydrogen (secondary N) is 1. The molecule has 23 heavy (non-hydrogen) atoms. The van der Waals surface area contributed by atoms with Gasteiger partial charge in [-0.3, -0.25) is 4.79 Å². The van der Waals surface area contributed by atoms with Crippen LogP contribution in [0.15, 0.2) is 0 Å². The first-order chi connectivity index (χ1) is 10.6. The molecular weight excluding hydrogens is 320 g/mol. The van der Waals surface area contributed by atoms with E-state index >= 15 is 0 Å². The van der Waals surface area contributed by atoms with Gasteiger partial charge < -0.3 is 15.3 Å². The second-order valence-electron chi connectivity index (χ2n) is 6.85. The van der Waals surface area contributed by atoms with E-state index in [2.05, 4.69) is 10.2 Å². The fourth-order valence-electron chi connectivity index (χ4n) is 3.32. The van der Waals surface area contributed by atoms with E-state index in [0.29, 0.717) is 19.5 Å². The van der Waals surface area contributed by atoms with Crippen LogP contribution in [-0.4, -0.2) is 91.4 Å². The number of likely N-dealkylation sites (tertiary alicyclic amines) is 1. The molecule has 2 aliphatic heterocycles. The summed E-state index contributed by atoms with van der Waals surface area (Å²) in [6.07, 6.45) is 2.16. The number of aliphatic hydroxyl groups is 1. The summed E-state index contributed by atoms with van der Waals surface area (Å²) >= 11 is 0. The fourth-order valence-corrected chi connectivity index (χ4v) is 4.50. The number of hydrogen-bond acceptors (Lipinski definition) is 5. The molecule has 0 aromatic carbocycles. The third-order valence-electron chi connectivity index (χ3n) is 4.60. The van der Waals surface area contributed by atoms with Crippen LogP contribution in [0, 0.1) is 0 Å². The summed E-state index contributed by atoms with van der Waals surface area (Å²) in [6.45, 7) is 4.08. The van der Waals surface area contributed by atoms with Crippen molar-refractivity contribution in [3.05, 3.63) is 0 Å². The lowest BCUT2D eigenvalue weighted by Gasteiger charge is -2.36. The molecule has 0 spiro atoms.